The number of carbonyl (C=O) groups is 1. The molecule has 2 heterocycles. The Kier molecular flexibility index (Phi) is 4.44. The van der Waals surface area contributed by atoms with Gasteiger partial charge in [-0.3, -0.25) is 0 Å². The SMILES string of the molecule is O=C(O)c1c(-c2cccc(O)c2F)c2c3occc3c(F)cc2n1Cc1ccccc1F. The van der Waals surface area contributed by atoms with Crippen LogP contribution in [0.3, 0.4) is 0 Å². The van der Waals surface area contributed by atoms with Gasteiger partial charge in [0.25, 0.3) is 0 Å². The number of fused-ring (bicyclic) bond motifs is 3. The average Bonchev–Trinajstić information content (AvgIpc) is 3.36. The maximum absolute atomic E-state index is 14.9. The van der Waals surface area contributed by atoms with Crippen molar-refractivity contribution in [3.8, 4) is 16.9 Å². The molecule has 0 aliphatic carbocycles. The Labute approximate surface area is 178 Å². The third-order valence-corrected chi connectivity index (χ3v) is 5.45. The number of carboxylic acid groups (broad SMARTS) is 1. The van der Waals surface area contributed by atoms with Crippen LogP contribution in [-0.2, 0) is 6.54 Å². The number of phenols is 1. The average molecular weight is 437 g/mol. The molecule has 0 saturated carbocycles. The topological polar surface area (TPSA) is 75.6 Å². The van der Waals surface area contributed by atoms with E-state index in [0.29, 0.717) is 0 Å². The fourth-order valence-electron chi connectivity index (χ4n) is 4.06. The maximum Gasteiger partial charge on any atom is 0.353 e. The van der Waals surface area contributed by atoms with Crippen molar-refractivity contribution in [1.29, 1.82) is 0 Å². The minimum absolute atomic E-state index is 0.0209. The molecule has 2 N–H and O–H groups in total. The van der Waals surface area contributed by atoms with Crippen LogP contribution in [0.1, 0.15) is 16.1 Å². The molecule has 0 aliphatic heterocycles. The minimum atomic E-state index is -1.43. The molecule has 5 nitrogen and oxygen atoms in total. The van der Waals surface area contributed by atoms with Gasteiger partial charge in [-0.25, -0.2) is 18.0 Å². The summed E-state index contributed by atoms with van der Waals surface area (Å²) in [6.07, 6.45) is 1.24. The Balaban J connectivity index is 1.97. The Morgan fingerprint density at radius 3 is 2.53 bits per heavy atom. The number of hydrogen-bond acceptors (Lipinski definition) is 3. The molecule has 3 aromatic carbocycles. The number of furan rings is 1. The Bertz CT molecular complexity index is 1530. The molecule has 0 spiro atoms. The van der Waals surface area contributed by atoms with Gasteiger partial charge in [0.2, 0.25) is 0 Å². The number of aromatic hydroxyl groups is 1. The maximum atomic E-state index is 14.9. The first-order valence-corrected chi connectivity index (χ1v) is 9.55. The number of nitrogens with zero attached hydrogens (tertiary/aromatic N) is 1. The van der Waals surface area contributed by atoms with Crippen molar-refractivity contribution in [3.63, 3.8) is 0 Å². The van der Waals surface area contributed by atoms with Crippen LogP contribution in [0.2, 0.25) is 0 Å². The van der Waals surface area contributed by atoms with E-state index >= 15 is 0 Å². The summed E-state index contributed by atoms with van der Waals surface area (Å²) in [5, 5.41) is 20.2. The number of carboxylic acids is 1. The highest BCUT2D eigenvalue weighted by atomic mass is 19.1. The zero-order valence-corrected chi connectivity index (χ0v) is 16.3. The van der Waals surface area contributed by atoms with Gasteiger partial charge < -0.3 is 19.2 Å². The highest BCUT2D eigenvalue weighted by molar-refractivity contribution is 6.17. The molecule has 0 amide bonds. The standard InChI is InChI=1S/C24H14F3NO4/c25-15-6-2-1-4-12(15)11-28-17-10-16(26)13-8-9-32-23(13)20(17)19(22(28)24(30)31)14-5-3-7-18(29)21(14)27/h1-10,29H,11H2,(H,30,31). The van der Waals surface area contributed by atoms with Crippen LogP contribution in [0.15, 0.2) is 65.3 Å². The summed E-state index contributed by atoms with van der Waals surface area (Å²) >= 11 is 0. The van der Waals surface area contributed by atoms with Crippen LogP contribution < -0.4 is 0 Å². The van der Waals surface area contributed by atoms with E-state index in [4.69, 9.17) is 4.42 Å². The summed E-state index contributed by atoms with van der Waals surface area (Å²) in [5.74, 6) is -4.39. The molecular weight excluding hydrogens is 423 g/mol. The summed E-state index contributed by atoms with van der Waals surface area (Å²) in [7, 11) is 0. The fourth-order valence-corrected chi connectivity index (χ4v) is 4.06. The summed E-state index contributed by atoms with van der Waals surface area (Å²) in [4.78, 5) is 12.4. The minimum Gasteiger partial charge on any atom is -0.505 e. The van der Waals surface area contributed by atoms with Gasteiger partial charge in [0.05, 0.1) is 29.1 Å². The largest absolute Gasteiger partial charge is 0.505 e. The number of aromatic nitrogens is 1. The van der Waals surface area contributed by atoms with Crippen LogP contribution in [-0.4, -0.2) is 20.7 Å². The smallest absolute Gasteiger partial charge is 0.353 e. The van der Waals surface area contributed by atoms with Gasteiger partial charge in [-0.15, -0.1) is 0 Å². The molecule has 0 fully saturated rings. The summed E-state index contributed by atoms with van der Waals surface area (Å²) in [6.45, 7) is -0.253. The molecular formula is C24H14F3NO4. The van der Waals surface area contributed by atoms with E-state index in [9.17, 15) is 28.2 Å². The third kappa shape index (κ3) is 2.84. The Morgan fingerprint density at radius 2 is 1.78 bits per heavy atom. The van der Waals surface area contributed by atoms with Crippen molar-refractivity contribution in [2.45, 2.75) is 6.54 Å². The number of aromatic carboxylic acids is 1. The zero-order chi connectivity index (χ0) is 22.6. The lowest BCUT2D eigenvalue weighted by molar-refractivity contribution is 0.0687. The van der Waals surface area contributed by atoms with Gasteiger partial charge >= 0.3 is 5.97 Å². The molecule has 32 heavy (non-hydrogen) atoms. The first-order valence-electron chi connectivity index (χ1n) is 9.55. The monoisotopic (exact) mass is 437 g/mol. The van der Waals surface area contributed by atoms with Gasteiger partial charge in [-0.05, 0) is 24.3 Å². The lowest BCUT2D eigenvalue weighted by Gasteiger charge is -2.11. The van der Waals surface area contributed by atoms with Gasteiger partial charge in [-0.2, -0.15) is 0 Å². The summed E-state index contributed by atoms with van der Waals surface area (Å²) in [5.41, 5.74) is -0.428. The summed E-state index contributed by atoms with van der Waals surface area (Å²) in [6, 6.07) is 12.1. The molecule has 0 atom stereocenters. The highest BCUT2D eigenvalue weighted by Crippen LogP contribution is 2.43. The van der Waals surface area contributed by atoms with Crippen molar-refractivity contribution in [2.24, 2.45) is 0 Å². The molecule has 5 rings (SSSR count). The first kappa shape index (κ1) is 19.7. The Morgan fingerprint density at radius 1 is 1.00 bits per heavy atom. The molecule has 5 aromatic rings. The van der Waals surface area contributed by atoms with Crippen LogP contribution >= 0.6 is 0 Å². The van der Waals surface area contributed by atoms with E-state index in [0.717, 1.165) is 12.1 Å². The van der Waals surface area contributed by atoms with Gasteiger partial charge in [0.1, 0.15) is 22.9 Å². The second kappa shape index (κ2) is 7.19. The quantitative estimate of drug-likeness (QED) is 0.366. The van der Waals surface area contributed by atoms with Crippen molar-refractivity contribution in [2.75, 3.05) is 0 Å². The van der Waals surface area contributed by atoms with Crippen molar-refractivity contribution >= 4 is 27.8 Å². The third-order valence-electron chi connectivity index (χ3n) is 5.45. The van der Waals surface area contributed by atoms with E-state index < -0.39 is 34.9 Å². The van der Waals surface area contributed by atoms with Gasteiger partial charge in [-0.1, -0.05) is 30.3 Å². The molecule has 8 heteroatoms. The van der Waals surface area contributed by atoms with Crippen molar-refractivity contribution in [1.82, 2.24) is 4.57 Å². The van der Waals surface area contributed by atoms with E-state index in [-0.39, 0.29) is 45.1 Å². The molecule has 160 valence electrons. The number of rotatable bonds is 4. The first-order chi connectivity index (χ1) is 15.4. The van der Waals surface area contributed by atoms with E-state index in [1.54, 1.807) is 6.07 Å². The van der Waals surface area contributed by atoms with Crippen molar-refractivity contribution < 1.29 is 32.6 Å². The second-order valence-electron chi connectivity index (χ2n) is 7.26. The van der Waals surface area contributed by atoms with Crippen LogP contribution in [0.4, 0.5) is 13.2 Å². The Hall–Kier alpha value is -4.20. The van der Waals surface area contributed by atoms with E-state index in [1.807, 2.05) is 0 Å². The molecule has 0 radical (unpaired) electrons. The van der Waals surface area contributed by atoms with E-state index in [1.165, 1.54) is 47.2 Å². The zero-order valence-electron chi connectivity index (χ0n) is 16.3. The number of hydrogen-bond donors (Lipinski definition) is 2. The van der Waals surface area contributed by atoms with Crippen LogP contribution in [0.5, 0.6) is 5.75 Å². The van der Waals surface area contributed by atoms with Gasteiger partial charge in [0, 0.05) is 16.7 Å². The van der Waals surface area contributed by atoms with Gasteiger partial charge in [0.15, 0.2) is 11.6 Å². The predicted octanol–water partition coefficient (Wildman–Crippen LogP) is 5.92. The van der Waals surface area contributed by atoms with Crippen molar-refractivity contribution in [3.05, 3.63) is 89.6 Å². The lowest BCUT2D eigenvalue weighted by atomic mass is 9.99. The summed E-state index contributed by atoms with van der Waals surface area (Å²) < 4.78 is 50.8. The van der Waals surface area contributed by atoms with E-state index in [2.05, 4.69) is 0 Å². The highest BCUT2D eigenvalue weighted by Gasteiger charge is 2.29. The normalized spacial score (nSPS) is 11.5. The second-order valence-corrected chi connectivity index (χ2v) is 7.26. The molecule has 0 bridgehead atoms. The molecule has 0 saturated heterocycles. The predicted molar refractivity (Wildman–Crippen MR) is 111 cm³/mol. The fraction of sp³-hybridized carbons (Fsp3) is 0.0417. The molecule has 0 unspecified atom stereocenters. The molecule has 2 aromatic heterocycles. The molecule has 0 aliphatic rings. The number of halogens is 3. The number of phenolic OH excluding ortho intramolecular Hbond substituents is 1. The van der Waals surface area contributed by atoms with Crippen LogP contribution in [0.25, 0.3) is 33.0 Å². The number of benzene rings is 3. The van der Waals surface area contributed by atoms with Crippen LogP contribution in [0, 0.1) is 17.5 Å². The lowest BCUT2D eigenvalue weighted by Crippen LogP contribution is -2.11.